The largest absolute Gasteiger partial charge is 1.00 e. The number of quaternary nitrogens is 1. The van der Waals surface area contributed by atoms with Gasteiger partial charge in [-0.2, -0.15) is 16.9 Å². The molecule has 0 aliphatic heterocycles. The van der Waals surface area contributed by atoms with E-state index in [9.17, 15) is 4.79 Å². The molecule has 0 unspecified atom stereocenters. The van der Waals surface area contributed by atoms with E-state index in [1.165, 1.54) is 0 Å². The van der Waals surface area contributed by atoms with Crippen molar-refractivity contribution in [1.82, 2.24) is 15.4 Å². The first-order chi connectivity index (χ1) is 10.2. The number of hydrazone groups is 1. The number of hydrogen-bond acceptors (Lipinski definition) is 5. The van der Waals surface area contributed by atoms with Gasteiger partial charge in [0, 0.05) is 24.4 Å². The average molecular weight is 340 g/mol. The summed E-state index contributed by atoms with van der Waals surface area (Å²) in [5, 5.41) is 3.98. The summed E-state index contributed by atoms with van der Waals surface area (Å²) < 4.78 is 0. The monoisotopic (exact) mass is 339 g/mol. The summed E-state index contributed by atoms with van der Waals surface area (Å²) in [5.74, 6) is 0.733. The fourth-order valence-electron chi connectivity index (χ4n) is 1.77. The molecule has 4 N–H and O–H groups in total. The number of carbonyl (C=O) groups is 1. The highest BCUT2D eigenvalue weighted by molar-refractivity contribution is 7.98. The van der Waals surface area contributed by atoms with Crippen molar-refractivity contribution in [2.45, 2.75) is 12.5 Å². The number of benzene rings is 1. The van der Waals surface area contributed by atoms with Gasteiger partial charge in [-0.05, 0) is 18.1 Å². The molecule has 22 heavy (non-hydrogen) atoms. The van der Waals surface area contributed by atoms with Gasteiger partial charge in [-0.25, -0.2) is 5.43 Å². The lowest BCUT2D eigenvalue weighted by atomic mass is 10.2. The highest BCUT2D eigenvalue weighted by Gasteiger charge is 2.15. The lowest BCUT2D eigenvalue weighted by Crippen LogP contribution is -3.00. The molecular weight excluding hydrogens is 322 g/mol. The standard InChI is InChI=1S/C14H17N5OS.ClH/c1-21-8-5-11(15)14(20)19-18-9-10-3-2-4-12-13(10)17-7-6-16-12;/h2-4,6-7,9,11H,5,8,15H2,1H3,(H,19,20);1H/t11-;/m0./s1. The number of rotatable bonds is 6. The maximum absolute atomic E-state index is 11.8. The molecule has 0 radical (unpaired) electrons. The highest BCUT2D eigenvalue weighted by atomic mass is 35.5. The Morgan fingerprint density at radius 3 is 3.00 bits per heavy atom. The molecule has 1 aromatic heterocycles. The lowest BCUT2D eigenvalue weighted by molar-refractivity contribution is -0.403. The van der Waals surface area contributed by atoms with Gasteiger partial charge in [0.15, 0.2) is 6.04 Å². The SMILES string of the molecule is CSCC[C@H]([NH3+])C(=O)NN=Cc1cccc2nccnc12.[Cl-]. The summed E-state index contributed by atoms with van der Waals surface area (Å²) >= 11 is 1.70. The van der Waals surface area contributed by atoms with Gasteiger partial charge in [-0.15, -0.1) is 0 Å². The Balaban J connectivity index is 0.00000242. The molecule has 2 rings (SSSR count). The Hall–Kier alpha value is -1.70. The Labute approximate surface area is 139 Å². The molecule has 0 aliphatic rings. The van der Waals surface area contributed by atoms with Crippen LogP contribution in [0.5, 0.6) is 0 Å². The van der Waals surface area contributed by atoms with Gasteiger partial charge in [-0.3, -0.25) is 14.8 Å². The van der Waals surface area contributed by atoms with E-state index >= 15 is 0 Å². The molecule has 1 atom stereocenters. The predicted molar refractivity (Wildman–Crippen MR) is 84.9 cm³/mol. The summed E-state index contributed by atoms with van der Waals surface area (Å²) in [4.78, 5) is 20.3. The Bertz CT molecular complexity index is 647. The van der Waals surface area contributed by atoms with Gasteiger partial charge in [0.2, 0.25) is 0 Å². The number of halogens is 1. The second-order valence-electron chi connectivity index (χ2n) is 4.48. The second kappa shape index (κ2) is 9.34. The molecule has 0 saturated carbocycles. The molecule has 0 bridgehead atoms. The van der Waals surface area contributed by atoms with Crippen molar-refractivity contribution >= 4 is 34.9 Å². The van der Waals surface area contributed by atoms with Crippen LogP contribution >= 0.6 is 11.8 Å². The van der Waals surface area contributed by atoms with Gasteiger partial charge >= 0.3 is 0 Å². The smallest absolute Gasteiger partial charge is 0.298 e. The lowest BCUT2D eigenvalue weighted by Gasteiger charge is -2.05. The topological polar surface area (TPSA) is 94.9 Å². The van der Waals surface area contributed by atoms with E-state index in [1.54, 1.807) is 30.4 Å². The molecule has 0 spiro atoms. The first-order valence-corrected chi connectivity index (χ1v) is 7.96. The molecule has 118 valence electrons. The van der Waals surface area contributed by atoms with E-state index < -0.39 is 0 Å². The minimum Gasteiger partial charge on any atom is -1.00 e. The van der Waals surface area contributed by atoms with Crippen molar-refractivity contribution in [3.8, 4) is 0 Å². The first kappa shape index (κ1) is 18.3. The van der Waals surface area contributed by atoms with Gasteiger partial charge in [0.05, 0.1) is 17.2 Å². The van der Waals surface area contributed by atoms with Crippen LogP contribution in [0.4, 0.5) is 0 Å². The number of hydrogen-bond donors (Lipinski definition) is 2. The number of nitrogens with one attached hydrogen (secondary N) is 1. The quantitative estimate of drug-likeness (QED) is 0.447. The molecule has 0 saturated heterocycles. The van der Waals surface area contributed by atoms with Crippen LogP contribution in [0.25, 0.3) is 11.0 Å². The summed E-state index contributed by atoms with van der Waals surface area (Å²) in [6.07, 6.45) is 7.60. The number of amides is 1. The summed E-state index contributed by atoms with van der Waals surface area (Å²) in [5.41, 5.74) is 8.71. The summed E-state index contributed by atoms with van der Waals surface area (Å²) in [7, 11) is 0. The highest BCUT2D eigenvalue weighted by Crippen LogP contribution is 2.11. The normalized spacial score (nSPS) is 12.1. The Morgan fingerprint density at radius 2 is 2.23 bits per heavy atom. The zero-order valence-corrected chi connectivity index (χ0v) is 13.8. The number of carbonyl (C=O) groups excluding carboxylic acids is 1. The van der Waals surface area contributed by atoms with Gasteiger partial charge in [0.25, 0.3) is 5.91 Å². The van der Waals surface area contributed by atoms with Crippen LogP contribution in [0.15, 0.2) is 35.7 Å². The van der Waals surface area contributed by atoms with Crippen molar-refractivity contribution in [2.24, 2.45) is 5.10 Å². The zero-order valence-electron chi connectivity index (χ0n) is 12.2. The maximum atomic E-state index is 11.8. The number of thioether (sulfide) groups is 1. The van der Waals surface area contributed by atoms with Crippen molar-refractivity contribution in [3.63, 3.8) is 0 Å². The molecular formula is C14H18ClN5OS. The van der Waals surface area contributed by atoms with Crippen molar-refractivity contribution in [1.29, 1.82) is 0 Å². The average Bonchev–Trinajstić information content (AvgIpc) is 2.52. The van der Waals surface area contributed by atoms with E-state index in [0.717, 1.165) is 28.8 Å². The van der Waals surface area contributed by atoms with Crippen LogP contribution in [-0.2, 0) is 4.79 Å². The molecule has 0 fully saturated rings. The third kappa shape index (κ3) is 4.94. The predicted octanol–water partition coefficient (Wildman–Crippen LogP) is -2.55. The maximum Gasteiger partial charge on any atom is 0.298 e. The minimum atomic E-state index is -0.290. The van der Waals surface area contributed by atoms with Crippen molar-refractivity contribution in [2.75, 3.05) is 12.0 Å². The van der Waals surface area contributed by atoms with Crippen molar-refractivity contribution < 1.29 is 22.9 Å². The van der Waals surface area contributed by atoms with Crippen LogP contribution in [-0.4, -0.2) is 40.1 Å². The van der Waals surface area contributed by atoms with Gasteiger partial charge in [-0.1, -0.05) is 12.1 Å². The Morgan fingerprint density at radius 1 is 1.45 bits per heavy atom. The number of aromatic nitrogens is 2. The number of nitrogens with zero attached hydrogens (tertiary/aromatic N) is 3. The van der Waals surface area contributed by atoms with Crippen molar-refractivity contribution in [3.05, 3.63) is 36.2 Å². The number of fused-ring (bicyclic) bond motifs is 1. The van der Waals surface area contributed by atoms with E-state index in [1.807, 2.05) is 24.5 Å². The van der Waals surface area contributed by atoms with E-state index in [4.69, 9.17) is 0 Å². The minimum absolute atomic E-state index is 0. The molecule has 1 heterocycles. The summed E-state index contributed by atoms with van der Waals surface area (Å²) in [6.45, 7) is 0. The third-order valence-electron chi connectivity index (χ3n) is 2.95. The Kier molecular flexibility index (Phi) is 7.79. The van der Waals surface area contributed by atoms with Gasteiger partial charge < -0.3 is 18.1 Å². The third-order valence-corrected chi connectivity index (χ3v) is 3.59. The van der Waals surface area contributed by atoms with E-state index in [0.29, 0.717) is 0 Å². The molecule has 1 aromatic carbocycles. The second-order valence-corrected chi connectivity index (χ2v) is 5.47. The van der Waals surface area contributed by atoms with Crippen LogP contribution in [0, 0.1) is 0 Å². The molecule has 0 aliphatic carbocycles. The molecule has 8 heteroatoms. The molecule has 2 aromatic rings. The number of para-hydroxylation sites is 1. The first-order valence-electron chi connectivity index (χ1n) is 6.57. The van der Waals surface area contributed by atoms with E-state index in [2.05, 4.69) is 26.2 Å². The fourth-order valence-corrected chi connectivity index (χ4v) is 2.29. The van der Waals surface area contributed by atoms with Crippen LogP contribution in [0.2, 0.25) is 0 Å². The van der Waals surface area contributed by atoms with E-state index in [-0.39, 0.29) is 24.4 Å². The molecule has 1 amide bonds. The summed E-state index contributed by atoms with van der Waals surface area (Å²) in [6, 6.07) is 5.35. The zero-order chi connectivity index (χ0) is 15.1. The van der Waals surface area contributed by atoms with Crippen LogP contribution in [0.1, 0.15) is 12.0 Å². The van der Waals surface area contributed by atoms with Crippen LogP contribution < -0.4 is 23.6 Å². The molecule has 6 nitrogen and oxygen atoms in total. The van der Waals surface area contributed by atoms with Gasteiger partial charge in [0.1, 0.15) is 0 Å². The fraction of sp³-hybridized carbons (Fsp3) is 0.286. The van der Waals surface area contributed by atoms with Crippen LogP contribution in [0.3, 0.4) is 0 Å².